The molecule has 0 saturated heterocycles. The van der Waals surface area contributed by atoms with Gasteiger partial charge < -0.3 is 15.0 Å². The summed E-state index contributed by atoms with van der Waals surface area (Å²) < 4.78 is 46.5. The molecule has 11 heteroatoms. The van der Waals surface area contributed by atoms with E-state index in [9.17, 15) is 17.6 Å². The van der Waals surface area contributed by atoms with Crippen molar-refractivity contribution >= 4 is 38.5 Å². The van der Waals surface area contributed by atoms with Crippen LogP contribution in [0.25, 0.3) is 0 Å². The number of halogens is 1. The Morgan fingerprint density at radius 2 is 2.06 bits per heavy atom. The molecule has 0 bridgehead atoms. The summed E-state index contributed by atoms with van der Waals surface area (Å²) in [5.41, 5.74) is 1.90. The molecule has 2 aromatic carbocycles. The summed E-state index contributed by atoms with van der Waals surface area (Å²) in [6.45, 7) is 0.487. The molecular formula is C22H17FN4O4S2. The SMILES string of the molecule is O=C(NCc1cccnc1Oc1cccc(F)c1)c1ccc2c(c1)SC1=NS(=O)(=O)CCN12. The van der Waals surface area contributed by atoms with E-state index in [0.717, 1.165) is 10.6 Å². The summed E-state index contributed by atoms with van der Waals surface area (Å²) in [6, 6.07) is 14.4. The molecule has 1 N–H and O–H groups in total. The van der Waals surface area contributed by atoms with E-state index in [1.807, 2.05) is 4.90 Å². The van der Waals surface area contributed by atoms with Crippen LogP contribution in [0.3, 0.4) is 0 Å². The fourth-order valence-electron chi connectivity index (χ4n) is 3.44. The lowest BCUT2D eigenvalue weighted by atomic mass is 10.1. The molecule has 2 aliphatic rings. The molecule has 0 unspecified atom stereocenters. The number of rotatable bonds is 5. The van der Waals surface area contributed by atoms with Crippen LogP contribution in [0.1, 0.15) is 15.9 Å². The molecule has 8 nitrogen and oxygen atoms in total. The van der Waals surface area contributed by atoms with Gasteiger partial charge in [0.15, 0.2) is 5.17 Å². The van der Waals surface area contributed by atoms with E-state index in [1.165, 1.54) is 30.0 Å². The van der Waals surface area contributed by atoms with Crippen molar-refractivity contribution in [2.24, 2.45) is 4.40 Å². The molecule has 0 atom stereocenters. The molecule has 5 rings (SSSR count). The minimum atomic E-state index is -3.44. The third kappa shape index (κ3) is 4.55. The molecule has 0 radical (unpaired) electrons. The van der Waals surface area contributed by atoms with Crippen molar-refractivity contribution in [3.63, 3.8) is 0 Å². The first-order chi connectivity index (χ1) is 15.9. The lowest BCUT2D eigenvalue weighted by molar-refractivity contribution is 0.0950. The highest BCUT2D eigenvalue weighted by Gasteiger charge is 2.33. The fraction of sp³-hybridized carbons (Fsp3) is 0.136. The van der Waals surface area contributed by atoms with Crippen molar-refractivity contribution in [3.05, 3.63) is 77.7 Å². The minimum absolute atomic E-state index is 0.0378. The van der Waals surface area contributed by atoms with Crippen LogP contribution < -0.4 is 15.0 Å². The van der Waals surface area contributed by atoms with Gasteiger partial charge >= 0.3 is 0 Å². The van der Waals surface area contributed by atoms with Crippen LogP contribution >= 0.6 is 11.8 Å². The Kier molecular flexibility index (Phi) is 5.51. The Labute approximate surface area is 193 Å². The molecule has 1 amide bonds. The smallest absolute Gasteiger partial charge is 0.257 e. The number of ether oxygens (including phenoxy) is 1. The lowest BCUT2D eigenvalue weighted by Crippen LogP contribution is -2.35. The van der Waals surface area contributed by atoms with Crippen LogP contribution in [0.15, 0.2) is 70.1 Å². The molecule has 1 aromatic heterocycles. The number of fused-ring (bicyclic) bond motifs is 3. The number of amidine groups is 1. The number of hydrogen-bond acceptors (Lipinski definition) is 7. The second-order valence-corrected chi connectivity index (χ2v) is 10.1. The van der Waals surface area contributed by atoms with Crippen LogP contribution in [0.4, 0.5) is 10.1 Å². The molecule has 33 heavy (non-hydrogen) atoms. The van der Waals surface area contributed by atoms with E-state index in [2.05, 4.69) is 14.7 Å². The average molecular weight is 485 g/mol. The molecule has 3 heterocycles. The molecular weight excluding hydrogens is 467 g/mol. The molecule has 0 saturated carbocycles. The number of benzene rings is 2. The third-order valence-electron chi connectivity index (χ3n) is 5.03. The molecule has 3 aromatic rings. The fourth-order valence-corrected chi connectivity index (χ4v) is 5.74. The number of hydrogen-bond donors (Lipinski definition) is 1. The van der Waals surface area contributed by atoms with Gasteiger partial charge in [0.25, 0.3) is 15.9 Å². The van der Waals surface area contributed by atoms with E-state index in [4.69, 9.17) is 4.74 Å². The average Bonchev–Trinajstić information content (AvgIpc) is 3.13. The largest absolute Gasteiger partial charge is 0.439 e. The summed E-state index contributed by atoms with van der Waals surface area (Å²) in [6.07, 6.45) is 1.55. The van der Waals surface area contributed by atoms with Crippen LogP contribution in [0, 0.1) is 5.82 Å². The van der Waals surface area contributed by atoms with Gasteiger partial charge in [-0.3, -0.25) is 4.79 Å². The van der Waals surface area contributed by atoms with Crippen molar-refractivity contribution in [3.8, 4) is 11.6 Å². The van der Waals surface area contributed by atoms with E-state index in [1.54, 1.807) is 42.6 Å². The molecule has 0 spiro atoms. The Balaban J connectivity index is 1.30. The van der Waals surface area contributed by atoms with Gasteiger partial charge in [-0.2, -0.15) is 0 Å². The van der Waals surface area contributed by atoms with Crippen LogP contribution in [0.5, 0.6) is 11.6 Å². The van der Waals surface area contributed by atoms with E-state index in [0.29, 0.717) is 28.6 Å². The highest BCUT2D eigenvalue weighted by molar-refractivity contribution is 8.15. The normalized spacial score (nSPS) is 15.9. The molecule has 0 aliphatic carbocycles. The summed E-state index contributed by atoms with van der Waals surface area (Å²) in [4.78, 5) is 19.6. The van der Waals surface area contributed by atoms with Crippen molar-refractivity contribution in [2.45, 2.75) is 11.4 Å². The zero-order valence-electron chi connectivity index (χ0n) is 17.1. The van der Waals surface area contributed by atoms with Crippen LogP contribution in [-0.4, -0.2) is 36.8 Å². The Hall–Kier alpha value is -3.44. The standard InChI is InChI=1S/C22H17FN4O4S2/c23-16-4-1-5-17(12-16)31-21-15(3-2-8-24-21)13-25-20(28)14-6-7-18-19(11-14)32-22-26-33(29,30)10-9-27(18)22/h1-8,11-12H,9-10,13H2,(H,25,28). The van der Waals surface area contributed by atoms with Gasteiger partial charge in [0.2, 0.25) is 5.88 Å². The summed E-state index contributed by atoms with van der Waals surface area (Å²) in [5, 5.41) is 3.24. The highest BCUT2D eigenvalue weighted by Crippen LogP contribution is 2.42. The Morgan fingerprint density at radius 3 is 2.91 bits per heavy atom. The first-order valence-electron chi connectivity index (χ1n) is 9.95. The molecule has 2 aliphatic heterocycles. The first-order valence-corrected chi connectivity index (χ1v) is 12.4. The second kappa shape index (κ2) is 8.49. The minimum Gasteiger partial charge on any atom is -0.439 e. The summed E-state index contributed by atoms with van der Waals surface area (Å²) in [7, 11) is -3.44. The topological polar surface area (TPSA) is 101 Å². The van der Waals surface area contributed by atoms with E-state index in [-0.39, 0.29) is 24.1 Å². The highest BCUT2D eigenvalue weighted by atomic mass is 32.2. The number of nitrogens with one attached hydrogen (secondary N) is 1. The van der Waals surface area contributed by atoms with Crippen molar-refractivity contribution in [1.82, 2.24) is 10.3 Å². The number of thioether (sulfide) groups is 1. The van der Waals surface area contributed by atoms with Crippen molar-refractivity contribution in [2.75, 3.05) is 17.2 Å². The van der Waals surface area contributed by atoms with Crippen LogP contribution in [-0.2, 0) is 16.6 Å². The predicted molar refractivity (Wildman–Crippen MR) is 123 cm³/mol. The number of nitrogens with zero attached hydrogens (tertiary/aromatic N) is 3. The van der Waals surface area contributed by atoms with Gasteiger partial charge in [0, 0.05) is 41.4 Å². The number of amides is 1. The van der Waals surface area contributed by atoms with Gasteiger partial charge in [-0.05, 0) is 48.2 Å². The quantitative estimate of drug-likeness (QED) is 0.591. The van der Waals surface area contributed by atoms with E-state index < -0.39 is 15.8 Å². The van der Waals surface area contributed by atoms with Crippen molar-refractivity contribution < 1.29 is 22.3 Å². The zero-order valence-corrected chi connectivity index (χ0v) is 18.7. The molecule has 168 valence electrons. The Bertz CT molecular complexity index is 1390. The number of anilines is 1. The molecule has 0 fully saturated rings. The number of pyridine rings is 1. The maximum absolute atomic E-state index is 13.4. The number of carbonyl (C=O) groups excluding carboxylic acids is 1. The van der Waals surface area contributed by atoms with Crippen LogP contribution in [0.2, 0.25) is 0 Å². The van der Waals surface area contributed by atoms with Gasteiger partial charge in [0.1, 0.15) is 11.6 Å². The Morgan fingerprint density at radius 1 is 1.18 bits per heavy atom. The maximum Gasteiger partial charge on any atom is 0.257 e. The lowest BCUT2D eigenvalue weighted by Gasteiger charge is -2.22. The van der Waals surface area contributed by atoms with Crippen molar-refractivity contribution in [1.29, 1.82) is 0 Å². The third-order valence-corrected chi connectivity index (χ3v) is 7.34. The van der Waals surface area contributed by atoms with Gasteiger partial charge in [-0.15, -0.1) is 4.40 Å². The monoisotopic (exact) mass is 484 g/mol. The summed E-state index contributed by atoms with van der Waals surface area (Å²) >= 11 is 1.23. The second-order valence-electron chi connectivity index (χ2n) is 7.31. The number of sulfonamides is 1. The number of aromatic nitrogens is 1. The van der Waals surface area contributed by atoms with Gasteiger partial charge in [-0.25, -0.2) is 17.8 Å². The zero-order chi connectivity index (χ0) is 23.0. The number of carbonyl (C=O) groups is 1. The van der Waals surface area contributed by atoms with Gasteiger partial charge in [-0.1, -0.05) is 12.1 Å². The first kappa shape index (κ1) is 21.4. The maximum atomic E-state index is 13.4. The summed E-state index contributed by atoms with van der Waals surface area (Å²) in [5.74, 6) is -0.197. The van der Waals surface area contributed by atoms with Gasteiger partial charge in [0.05, 0.1) is 11.4 Å². The van der Waals surface area contributed by atoms with E-state index >= 15 is 0 Å². The predicted octanol–water partition coefficient (Wildman–Crippen LogP) is 3.55.